The number of amides is 2. The maximum atomic E-state index is 12.7. The molecule has 25 heavy (non-hydrogen) atoms. The standard InChI is InChI=1S/C17H10N4O3S/c22-14-13(19-20-17(25)18-14)11-7-3-4-8-12(11)21-15(23)9-5-1-2-6-10(9)16(21)24/h1-8H,(H2,18,20,22,25). The van der Waals surface area contributed by atoms with E-state index in [2.05, 4.69) is 15.2 Å². The molecule has 3 aromatic rings. The number of nitrogens with one attached hydrogen (secondary N) is 2. The van der Waals surface area contributed by atoms with Crippen molar-refractivity contribution in [3.05, 3.63) is 74.8 Å². The lowest BCUT2D eigenvalue weighted by molar-refractivity contribution is 0.0926. The maximum Gasteiger partial charge on any atom is 0.278 e. The second-order valence-corrected chi connectivity index (χ2v) is 5.77. The van der Waals surface area contributed by atoms with Crippen molar-refractivity contribution >= 4 is 29.7 Å². The summed E-state index contributed by atoms with van der Waals surface area (Å²) < 4.78 is 0.0898. The third kappa shape index (κ3) is 2.31. The summed E-state index contributed by atoms with van der Waals surface area (Å²) in [7, 11) is 0. The summed E-state index contributed by atoms with van der Waals surface area (Å²) in [5.74, 6) is -0.873. The Labute approximate surface area is 146 Å². The number of fused-ring (bicyclic) bond motifs is 1. The van der Waals surface area contributed by atoms with Gasteiger partial charge < -0.3 is 0 Å². The largest absolute Gasteiger partial charge is 0.296 e. The molecule has 0 spiro atoms. The van der Waals surface area contributed by atoms with Gasteiger partial charge in [0.2, 0.25) is 0 Å². The number of aromatic nitrogens is 3. The molecule has 0 radical (unpaired) electrons. The van der Waals surface area contributed by atoms with Gasteiger partial charge in [0.05, 0.1) is 16.8 Å². The minimum absolute atomic E-state index is 0.0424. The van der Waals surface area contributed by atoms with Gasteiger partial charge in [0.1, 0.15) is 0 Å². The molecular weight excluding hydrogens is 340 g/mol. The van der Waals surface area contributed by atoms with Crippen LogP contribution in [0.2, 0.25) is 0 Å². The number of H-pyrrole nitrogens is 2. The van der Waals surface area contributed by atoms with Gasteiger partial charge in [-0.25, -0.2) is 4.90 Å². The number of para-hydroxylation sites is 1. The van der Waals surface area contributed by atoms with E-state index in [0.29, 0.717) is 16.7 Å². The number of carbonyl (C=O) groups excluding carboxylic acids is 2. The van der Waals surface area contributed by atoms with Gasteiger partial charge in [-0.15, -0.1) is 0 Å². The molecule has 122 valence electrons. The first-order valence-corrected chi connectivity index (χ1v) is 7.75. The van der Waals surface area contributed by atoms with Crippen molar-refractivity contribution in [1.82, 2.24) is 15.2 Å². The monoisotopic (exact) mass is 350 g/mol. The number of nitrogens with zero attached hydrogens (tertiary/aromatic N) is 2. The van der Waals surface area contributed by atoms with Crippen molar-refractivity contribution in [1.29, 1.82) is 0 Å². The van der Waals surface area contributed by atoms with Gasteiger partial charge in [-0.2, -0.15) is 5.10 Å². The number of carbonyl (C=O) groups is 2. The Balaban J connectivity index is 1.92. The van der Waals surface area contributed by atoms with Crippen LogP contribution in [0.25, 0.3) is 11.3 Å². The van der Waals surface area contributed by atoms with Crippen LogP contribution in [-0.2, 0) is 0 Å². The predicted octanol–water partition coefficient (Wildman–Crippen LogP) is 2.30. The van der Waals surface area contributed by atoms with E-state index < -0.39 is 17.4 Å². The highest BCUT2D eigenvalue weighted by atomic mass is 32.1. The first-order chi connectivity index (χ1) is 12.1. The molecule has 0 fully saturated rings. The third-order valence-corrected chi connectivity index (χ3v) is 4.10. The molecule has 2 heterocycles. The van der Waals surface area contributed by atoms with Gasteiger partial charge in [0, 0.05) is 5.56 Å². The lowest BCUT2D eigenvalue weighted by Gasteiger charge is -2.17. The Kier molecular flexibility index (Phi) is 3.40. The zero-order valence-corrected chi connectivity index (χ0v) is 13.5. The molecule has 0 atom stereocenters. The molecule has 1 aliphatic rings. The second-order valence-electron chi connectivity index (χ2n) is 5.36. The lowest BCUT2D eigenvalue weighted by Crippen LogP contribution is -2.30. The van der Waals surface area contributed by atoms with Crippen molar-refractivity contribution in [2.45, 2.75) is 0 Å². The van der Waals surface area contributed by atoms with Crippen molar-refractivity contribution in [3.63, 3.8) is 0 Å². The molecule has 0 saturated carbocycles. The number of rotatable bonds is 2. The number of hydrogen-bond donors (Lipinski definition) is 2. The first kappa shape index (κ1) is 15.2. The van der Waals surface area contributed by atoms with Crippen LogP contribution in [0.3, 0.4) is 0 Å². The maximum absolute atomic E-state index is 12.7. The molecule has 1 aromatic heterocycles. The summed E-state index contributed by atoms with van der Waals surface area (Å²) in [6.07, 6.45) is 0. The van der Waals surface area contributed by atoms with Crippen LogP contribution in [0.15, 0.2) is 53.3 Å². The summed E-state index contributed by atoms with van der Waals surface area (Å²) in [6.45, 7) is 0. The summed E-state index contributed by atoms with van der Waals surface area (Å²) in [4.78, 5) is 41.1. The minimum Gasteiger partial charge on any atom is -0.296 e. The average molecular weight is 350 g/mol. The highest BCUT2D eigenvalue weighted by molar-refractivity contribution is 7.71. The van der Waals surface area contributed by atoms with Crippen LogP contribution in [0.5, 0.6) is 0 Å². The Morgan fingerprint density at radius 3 is 2.00 bits per heavy atom. The number of anilines is 1. The lowest BCUT2D eigenvalue weighted by atomic mass is 10.1. The molecule has 7 nitrogen and oxygen atoms in total. The fraction of sp³-hybridized carbons (Fsp3) is 0. The average Bonchev–Trinajstić information content (AvgIpc) is 2.87. The van der Waals surface area contributed by atoms with Crippen LogP contribution >= 0.6 is 12.2 Å². The fourth-order valence-electron chi connectivity index (χ4n) is 2.81. The third-order valence-electron chi connectivity index (χ3n) is 3.91. The van der Waals surface area contributed by atoms with E-state index in [4.69, 9.17) is 12.2 Å². The molecule has 0 unspecified atom stereocenters. The molecule has 2 N–H and O–H groups in total. The molecule has 0 aliphatic carbocycles. The topological polar surface area (TPSA) is 98.9 Å². The highest BCUT2D eigenvalue weighted by Gasteiger charge is 2.37. The molecule has 0 saturated heterocycles. The number of hydrogen-bond acceptors (Lipinski definition) is 5. The van der Waals surface area contributed by atoms with Gasteiger partial charge >= 0.3 is 0 Å². The molecular formula is C17H10N4O3S. The zero-order chi connectivity index (χ0) is 17.6. The van der Waals surface area contributed by atoms with Crippen molar-refractivity contribution < 1.29 is 9.59 Å². The normalized spacial score (nSPS) is 13.2. The van der Waals surface area contributed by atoms with E-state index in [-0.39, 0.29) is 16.2 Å². The van der Waals surface area contributed by atoms with Gasteiger partial charge in [-0.05, 0) is 30.4 Å². The van der Waals surface area contributed by atoms with Crippen LogP contribution in [0.1, 0.15) is 20.7 Å². The second kappa shape index (κ2) is 5.60. The molecule has 1 aliphatic heterocycles. The Bertz CT molecular complexity index is 1110. The summed E-state index contributed by atoms with van der Waals surface area (Å²) in [5, 5.41) is 6.47. The minimum atomic E-state index is -0.507. The van der Waals surface area contributed by atoms with Gasteiger partial charge in [0.15, 0.2) is 10.5 Å². The zero-order valence-electron chi connectivity index (χ0n) is 12.6. The van der Waals surface area contributed by atoms with E-state index in [0.717, 1.165) is 4.90 Å². The van der Waals surface area contributed by atoms with Gasteiger partial charge in [0.25, 0.3) is 17.4 Å². The van der Waals surface area contributed by atoms with E-state index in [1.165, 1.54) is 0 Å². The molecule has 2 amide bonds. The molecule has 4 rings (SSSR count). The molecule has 0 bridgehead atoms. The van der Waals surface area contributed by atoms with Crippen molar-refractivity contribution in [2.75, 3.05) is 4.90 Å². The van der Waals surface area contributed by atoms with Crippen LogP contribution in [-0.4, -0.2) is 27.0 Å². The van der Waals surface area contributed by atoms with Crippen LogP contribution in [0.4, 0.5) is 5.69 Å². The van der Waals surface area contributed by atoms with Crippen molar-refractivity contribution in [3.8, 4) is 11.3 Å². The van der Waals surface area contributed by atoms with E-state index in [9.17, 15) is 14.4 Å². The SMILES string of the molecule is O=C1c2ccccc2C(=O)N1c1ccccc1-c1n[nH]c(=S)[nH]c1=O. The smallest absolute Gasteiger partial charge is 0.278 e. The molecule has 8 heteroatoms. The summed E-state index contributed by atoms with van der Waals surface area (Å²) >= 11 is 4.84. The quantitative estimate of drug-likeness (QED) is 0.546. The first-order valence-electron chi connectivity index (χ1n) is 7.34. The number of benzene rings is 2. The van der Waals surface area contributed by atoms with E-state index in [1.807, 2.05) is 0 Å². The number of imide groups is 1. The number of aromatic amines is 2. The predicted molar refractivity (Wildman–Crippen MR) is 93.1 cm³/mol. The van der Waals surface area contributed by atoms with Crippen LogP contribution in [0, 0.1) is 4.77 Å². The van der Waals surface area contributed by atoms with E-state index in [1.54, 1.807) is 48.5 Å². The van der Waals surface area contributed by atoms with E-state index >= 15 is 0 Å². The van der Waals surface area contributed by atoms with Gasteiger partial charge in [-0.3, -0.25) is 24.5 Å². The van der Waals surface area contributed by atoms with Crippen molar-refractivity contribution in [2.24, 2.45) is 0 Å². The Hall–Kier alpha value is -3.39. The summed E-state index contributed by atoms with van der Waals surface area (Å²) in [5.41, 5.74) is 0.837. The summed E-state index contributed by atoms with van der Waals surface area (Å²) in [6, 6.07) is 13.2. The Morgan fingerprint density at radius 2 is 1.40 bits per heavy atom. The van der Waals surface area contributed by atoms with Gasteiger partial charge in [-0.1, -0.05) is 30.3 Å². The highest BCUT2D eigenvalue weighted by Crippen LogP contribution is 2.33. The Morgan fingerprint density at radius 1 is 0.840 bits per heavy atom. The fourth-order valence-corrected chi connectivity index (χ4v) is 2.95. The molecule has 2 aromatic carbocycles. The van der Waals surface area contributed by atoms with Crippen LogP contribution < -0.4 is 10.5 Å².